The molecule has 0 bridgehead atoms. The number of benzene rings is 1. The zero-order valence-corrected chi connectivity index (χ0v) is 13.0. The normalized spacial score (nSPS) is 17.6. The van der Waals surface area contributed by atoms with Gasteiger partial charge < -0.3 is 10.2 Å². The predicted octanol–water partition coefficient (Wildman–Crippen LogP) is 2.47. The highest BCUT2D eigenvalue weighted by atomic mass is 19.1. The Hall–Kier alpha value is -1.13. The van der Waals surface area contributed by atoms with Crippen LogP contribution in [0.1, 0.15) is 26.3 Å². The van der Waals surface area contributed by atoms with Gasteiger partial charge in [0.1, 0.15) is 5.82 Å². The van der Waals surface area contributed by atoms with E-state index in [1.165, 1.54) is 0 Å². The Morgan fingerprint density at radius 3 is 2.35 bits per heavy atom. The molecule has 0 aliphatic carbocycles. The van der Waals surface area contributed by atoms with Crippen LogP contribution in [0, 0.1) is 5.82 Å². The monoisotopic (exact) mass is 279 g/mol. The van der Waals surface area contributed by atoms with Crippen molar-refractivity contribution in [1.29, 1.82) is 0 Å². The molecule has 1 aliphatic heterocycles. The lowest BCUT2D eigenvalue weighted by atomic mass is 10.0. The van der Waals surface area contributed by atoms with E-state index in [0.717, 1.165) is 37.4 Å². The smallest absolute Gasteiger partial charge is 0.146 e. The Kier molecular flexibility index (Phi) is 4.66. The van der Waals surface area contributed by atoms with Crippen LogP contribution >= 0.6 is 0 Å². The van der Waals surface area contributed by atoms with E-state index in [4.69, 9.17) is 0 Å². The quantitative estimate of drug-likeness (QED) is 0.917. The van der Waals surface area contributed by atoms with E-state index in [1.807, 2.05) is 13.1 Å². The second kappa shape index (κ2) is 6.10. The van der Waals surface area contributed by atoms with Gasteiger partial charge in [-0.05, 0) is 39.4 Å². The average Bonchev–Trinajstić information content (AvgIpc) is 2.38. The van der Waals surface area contributed by atoms with Crippen LogP contribution in [0.15, 0.2) is 18.2 Å². The summed E-state index contributed by atoms with van der Waals surface area (Å²) in [6.07, 6.45) is 0. The number of anilines is 1. The maximum atomic E-state index is 14.2. The molecule has 1 fully saturated rings. The van der Waals surface area contributed by atoms with Crippen LogP contribution in [-0.2, 0) is 6.54 Å². The van der Waals surface area contributed by atoms with Crippen molar-refractivity contribution in [3.63, 3.8) is 0 Å². The number of para-hydroxylation sites is 1. The lowest BCUT2D eigenvalue weighted by Crippen LogP contribution is -2.53. The van der Waals surface area contributed by atoms with Gasteiger partial charge in [0.25, 0.3) is 0 Å². The van der Waals surface area contributed by atoms with E-state index < -0.39 is 0 Å². The van der Waals surface area contributed by atoms with Gasteiger partial charge in [-0.25, -0.2) is 4.39 Å². The van der Waals surface area contributed by atoms with Crippen LogP contribution in [0.25, 0.3) is 0 Å². The van der Waals surface area contributed by atoms with E-state index in [2.05, 4.69) is 35.9 Å². The maximum absolute atomic E-state index is 14.2. The molecule has 0 aromatic heterocycles. The molecule has 0 spiro atoms. The molecular formula is C16H26FN3. The zero-order valence-electron chi connectivity index (χ0n) is 13.0. The van der Waals surface area contributed by atoms with E-state index in [1.54, 1.807) is 12.1 Å². The third-order valence-electron chi connectivity index (χ3n) is 3.98. The summed E-state index contributed by atoms with van der Waals surface area (Å²) in [6.45, 7) is 11.1. The van der Waals surface area contributed by atoms with Crippen molar-refractivity contribution in [2.45, 2.75) is 32.9 Å². The average molecular weight is 279 g/mol. The molecule has 0 amide bonds. The molecule has 112 valence electrons. The Labute approximate surface area is 121 Å². The maximum Gasteiger partial charge on any atom is 0.146 e. The molecule has 1 N–H and O–H groups in total. The fraction of sp³-hybridized carbons (Fsp3) is 0.625. The number of halogens is 1. The molecule has 3 nitrogen and oxygen atoms in total. The van der Waals surface area contributed by atoms with Crippen LogP contribution in [0.5, 0.6) is 0 Å². The van der Waals surface area contributed by atoms with E-state index in [0.29, 0.717) is 6.54 Å². The lowest BCUT2D eigenvalue weighted by Gasteiger charge is -2.43. The highest BCUT2D eigenvalue weighted by molar-refractivity contribution is 5.55. The molecule has 1 aliphatic rings. The highest BCUT2D eigenvalue weighted by Crippen LogP contribution is 2.27. The summed E-state index contributed by atoms with van der Waals surface area (Å²) >= 11 is 0. The summed E-state index contributed by atoms with van der Waals surface area (Å²) in [5, 5.41) is 3.12. The van der Waals surface area contributed by atoms with Gasteiger partial charge in [0, 0.05) is 38.3 Å². The van der Waals surface area contributed by atoms with Crippen molar-refractivity contribution >= 4 is 5.69 Å². The minimum atomic E-state index is -0.109. The number of hydrogen-bond donors (Lipinski definition) is 1. The standard InChI is InChI=1S/C16H26FN3/c1-16(2,3)20-10-8-19(9-11-20)15-13(12-18-4)6-5-7-14(15)17/h5-7,18H,8-12H2,1-4H3. The SMILES string of the molecule is CNCc1cccc(F)c1N1CCN(C(C)(C)C)CC1. The number of piperazine rings is 1. The van der Waals surface area contributed by atoms with Crippen LogP contribution in [-0.4, -0.2) is 43.7 Å². The molecule has 2 rings (SSSR count). The minimum Gasteiger partial charge on any atom is -0.366 e. The van der Waals surface area contributed by atoms with Crippen molar-refractivity contribution in [1.82, 2.24) is 10.2 Å². The fourth-order valence-electron chi connectivity index (χ4n) is 2.85. The molecule has 0 unspecified atom stereocenters. The van der Waals surface area contributed by atoms with Gasteiger partial charge in [0.05, 0.1) is 5.69 Å². The summed E-state index contributed by atoms with van der Waals surface area (Å²) in [4.78, 5) is 4.65. The van der Waals surface area contributed by atoms with Crippen LogP contribution in [0.3, 0.4) is 0 Å². The second-order valence-electron chi connectivity index (χ2n) is 6.42. The van der Waals surface area contributed by atoms with Gasteiger partial charge in [0.2, 0.25) is 0 Å². The van der Waals surface area contributed by atoms with Gasteiger partial charge in [-0.1, -0.05) is 12.1 Å². The largest absolute Gasteiger partial charge is 0.366 e. The first-order valence-electron chi connectivity index (χ1n) is 7.35. The molecule has 1 aromatic carbocycles. The van der Waals surface area contributed by atoms with Gasteiger partial charge in [-0.3, -0.25) is 4.90 Å². The second-order valence-corrected chi connectivity index (χ2v) is 6.42. The molecular weight excluding hydrogens is 253 g/mol. The summed E-state index contributed by atoms with van der Waals surface area (Å²) in [6, 6.07) is 5.35. The fourth-order valence-corrected chi connectivity index (χ4v) is 2.85. The van der Waals surface area contributed by atoms with Crippen LogP contribution in [0.4, 0.5) is 10.1 Å². The molecule has 1 heterocycles. The first-order valence-corrected chi connectivity index (χ1v) is 7.35. The van der Waals surface area contributed by atoms with Crippen LogP contribution < -0.4 is 10.2 Å². The molecule has 0 saturated carbocycles. The zero-order chi connectivity index (χ0) is 14.8. The number of nitrogens with one attached hydrogen (secondary N) is 1. The highest BCUT2D eigenvalue weighted by Gasteiger charge is 2.27. The van der Waals surface area contributed by atoms with E-state index in [9.17, 15) is 4.39 Å². The van der Waals surface area contributed by atoms with Gasteiger partial charge in [-0.2, -0.15) is 0 Å². The topological polar surface area (TPSA) is 18.5 Å². The van der Waals surface area contributed by atoms with E-state index in [-0.39, 0.29) is 11.4 Å². The number of hydrogen-bond acceptors (Lipinski definition) is 3. The third-order valence-corrected chi connectivity index (χ3v) is 3.98. The van der Waals surface area contributed by atoms with Crippen molar-refractivity contribution in [3.05, 3.63) is 29.6 Å². The van der Waals surface area contributed by atoms with Crippen molar-refractivity contribution in [3.8, 4) is 0 Å². The number of rotatable bonds is 3. The molecule has 20 heavy (non-hydrogen) atoms. The molecule has 4 heteroatoms. The van der Waals surface area contributed by atoms with Gasteiger partial charge >= 0.3 is 0 Å². The first kappa shape index (κ1) is 15.3. The summed E-state index contributed by atoms with van der Waals surface area (Å²) in [5.74, 6) is -0.109. The Morgan fingerprint density at radius 1 is 1.15 bits per heavy atom. The summed E-state index contributed by atoms with van der Waals surface area (Å²) in [5.41, 5.74) is 2.00. The van der Waals surface area contributed by atoms with E-state index >= 15 is 0 Å². The third kappa shape index (κ3) is 3.30. The van der Waals surface area contributed by atoms with Gasteiger partial charge in [0.15, 0.2) is 0 Å². The number of nitrogens with zero attached hydrogens (tertiary/aromatic N) is 2. The van der Waals surface area contributed by atoms with Gasteiger partial charge in [-0.15, -0.1) is 0 Å². The predicted molar refractivity (Wildman–Crippen MR) is 82.7 cm³/mol. The molecule has 0 radical (unpaired) electrons. The molecule has 1 aromatic rings. The first-order chi connectivity index (χ1) is 9.43. The Morgan fingerprint density at radius 2 is 1.80 bits per heavy atom. The summed E-state index contributed by atoms with van der Waals surface area (Å²) < 4.78 is 14.2. The minimum absolute atomic E-state index is 0.109. The van der Waals surface area contributed by atoms with Crippen molar-refractivity contribution in [2.75, 3.05) is 38.1 Å². The Bertz CT molecular complexity index is 446. The van der Waals surface area contributed by atoms with Crippen LogP contribution in [0.2, 0.25) is 0 Å². The van der Waals surface area contributed by atoms with Crippen molar-refractivity contribution in [2.24, 2.45) is 0 Å². The van der Waals surface area contributed by atoms with Crippen molar-refractivity contribution < 1.29 is 4.39 Å². The molecule has 1 saturated heterocycles. The lowest BCUT2D eigenvalue weighted by molar-refractivity contribution is 0.128. The molecule has 0 atom stereocenters. The summed E-state index contributed by atoms with van der Waals surface area (Å²) in [7, 11) is 1.90. The Balaban J connectivity index is 2.14.